The number of benzene rings is 1. The van der Waals surface area contributed by atoms with E-state index < -0.39 is 11.9 Å². The molecule has 0 unspecified atom stereocenters. The number of hydrogen-bond acceptors (Lipinski definition) is 5. The van der Waals surface area contributed by atoms with Gasteiger partial charge in [0.05, 0.1) is 19.3 Å². The highest BCUT2D eigenvalue weighted by Gasteiger charge is 2.27. The Hall–Kier alpha value is -2.04. The zero-order chi connectivity index (χ0) is 21.1. The average molecular weight is 393 g/mol. The van der Waals surface area contributed by atoms with Crippen molar-refractivity contribution in [2.24, 2.45) is 0 Å². The highest BCUT2D eigenvalue weighted by Crippen LogP contribution is 2.35. The zero-order valence-corrected chi connectivity index (χ0v) is 18.2. The fourth-order valence-corrected chi connectivity index (χ4v) is 3.67. The van der Waals surface area contributed by atoms with Gasteiger partial charge in [0.2, 0.25) is 0 Å². The first-order valence-corrected chi connectivity index (χ1v) is 10.5. The van der Waals surface area contributed by atoms with Gasteiger partial charge in [-0.3, -0.25) is 0 Å². The van der Waals surface area contributed by atoms with Gasteiger partial charge in [-0.25, -0.2) is 9.59 Å². The summed E-state index contributed by atoms with van der Waals surface area (Å²) >= 11 is 0. The number of unbranched alkanes of at least 4 members (excludes halogenated alkanes) is 7. The first-order chi connectivity index (χ1) is 13.4. The lowest BCUT2D eigenvalue weighted by Crippen LogP contribution is -2.16. The van der Waals surface area contributed by atoms with Crippen molar-refractivity contribution in [3.05, 3.63) is 27.8 Å². The van der Waals surface area contributed by atoms with Crippen LogP contribution in [0.15, 0.2) is 0 Å². The quantitative estimate of drug-likeness (QED) is 0.367. The highest BCUT2D eigenvalue weighted by atomic mass is 16.5. The van der Waals surface area contributed by atoms with E-state index in [1.54, 1.807) is 20.8 Å². The van der Waals surface area contributed by atoms with Crippen LogP contribution in [0.1, 0.15) is 103 Å². The van der Waals surface area contributed by atoms with E-state index in [2.05, 4.69) is 6.92 Å². The Morgan fingerprint density at radius 1 is 0.821 bits per heavy atom. The summed E-state index contributed by atoms with van der Waals surface area (Å²) in [5.74, 6) is -1.18. The maximum atomic E-state index is 12.5. The maximum absolute atomic E-state index is 12.5. The van der Waals surface area contributed by atoms with Crippen LogP contribution >= 0.6 is 0 Å². The molecule has 0 aromatic heterocycles. The van der Waals surface area contributed by atoms with Crippen molar-refractivity contribution in [3.8, 4) is 5.75 Å². The summed E-state index contributed by atoms with van der Waals surface area (Å²) in [6, 6.07) is 0. The van der Waals surface area contributed by atoms with Gasteiger partial charge in [-0.2, -0.15) is 0 Å². The number of phenols is 1. The topological polar surface area (TPSA) is 72.8 Å². The molecule has 5 heteroatoms. The fraction of sp³-hybridized carbons (Fsp3) is 0.652. The lowest BCUT2D eigenvalue weighted by molar-refractivity contribution is 0.0524. The van der Waals surface area contributed by atoms with Crippen molar-refractivity contribution in [2.45, 2.75) is 85.5 Å². The second-order valence-corrected chi connectivity index (χ2v) is 7.26. The van der Waals surface area contributed by atoms with Crippen LogP contribution in [0.5, 0.6) is 5.75 Å². The van der Waals surface area contributed by atoms with Gasteiger partial charge in [0.1, 0.15) is 11.3 Å². The third-order valence-corrected chi connectivity index (χ3v) is 5.25. The number of ether oxygens (including phenoxy) is 2. The molecule has 0 aliphatic carbocycles. The Balaban J connectivity index is 2.99. The number of esters is 2. The molecule has 0 aliphatic rings. The summed E-state index contributed by atoms with van der Waals surface area (Å²) < 4.78 is 10.00. The standard InChI is InChI=1S/C23H36O5/c1-6-8-9-10-11-12-13-14-15-18-16(3)19(23(26)28-7-2)17(4)20(21(18)24)22(25)27-5/h24H,6-15H2,1-5H3. The smallest absolute Gasteiger partial charge is 0.341 e. The van der Waals surface area contributed by atoms with Crippen LogP contribution < -0.4 is 0 Å². The highest BCUT2D eigenvalue weighted by molar-refractivity contribution is 6.01. The van der Waals surface area contributed by atoms with Crippen molar-refractivity contribution in [3.63, 3.8) is 0 Å². The van der Waals surface area contributed by atoms with Gasteiger partial charge in [0.25, 0.3) is 0 Å². The number of aromatic hydroxyl groups is 1. The molecule has 1 rings (SSSR count). The van der Waals surface area contributed by atoms with Crippen LogP contribution in [0.4, 0.5) is 0 Å². The van der Waals surface area contributed by atoms with Gasteiger partial charge in [-0.15, -0.1) is 0 Å². The summed E-state index contributed by atoms with van der Waals surface area (Å²) in [7, 11) is 1.27. The molecule has 0 heterocycles. The molecule has 28 heavy (non-hydrogen) atoms. The molecule has 1 aromatic carbocycles. The van der Waals surface area contributed by atoms with Crippen LogP contribution in [0, 0.1) is 13.8 Å². The molecular weight excluding hydrogens is 356 g/mol. The molecule has 158 valence electrons. The maximum Gasteiger partial charge on any atom is 0.341 e. The van der Waals surface area contributed by atoms with Crippen molar-refractivity contribution in [1.29, 1.82) is 0 Å². The molecular formula is C23H36O5. The average Bonchev–Trinajstić information content (AvgIpc) is 2.66. The van der Waals surface area contributed by atoms with Gasteiger partial charge < -0.3 is 14.6 Å². The van der Waals surface area contributed by atoms with Crippen LogP contribution in [0.2, 0.25) is 0 Å². The van der Waals surface area contributed by atoms with Gasteiger partial charge in [0.15, 0.2) is 0 Å². The Kier molecular flexibility index (Phi) is 10.6. The molecule has 1 N–H and O–H groups in total. The third kappa shape index (κ3) is 6.25. The van der Waals surface area contributed by atoms with Crippen LogP contribution in [0.3, 0.4) is 0 Å². The van der Waals surface area contributed by atoms with E-state index in [-0.39, 0.29) is 17.9 Å². The number of carbonyl (C=O) groups excluding carboxylic acids is 2. The Labute approximate surface area is 169 Å². The molecule has 0 radical (unpaired) electrons. The first-order valence-electron chi connectivity index (χ1n) is 10.5. The molecule has 1 aromatic rings. The number of phenolic OH excluding ortho intramolecular Hbond substituents is 1. The Morgan fingerprint density at radius 2 is 1.39 bits per heavy atom. The number of rotatable bonds is 12. The predicted octanol–water partition coefficient (Wildman–Crippen LogP) is 5.66. The molecule has 0 amide bonds. The monoisotopic (exact) mass is 392 g/mol. The minimum Gasteiger partial charge on any atom is -0.507 e. The molecule has 0 aliphatic heterocycles. The van der Waals surface area contributed by atoms with E-state index in [1.165, 1.54) is 39.2 Å². The SMILES string of the molecule is CCCCCCCCCCc1c(C)c(C(=O)OCC)c(C)c(C(=O)OC)c1O. The molecule has 0 bridgehead atoms. The molecule has 0 atom stereocenters. The minimum absolute atomic E-state index is 0.0609. The van der Waals surface area contributed by atoms with Crippen LogP contribution in [-0.4, -0.2) is 30.8 Å². The van der Waals surface area contributed by atoms with Crippen LogP contribution in [-0.2, 0) is 15.9 Å². The van der Waals surface area contributed by atoms with Crippen molar-refractivity contribution in [2.75, 3.05) is 13.7 Å². The molecule has 0 fully saturated rings. The molecule has 0 saturated heterocycles. The number of carbonyl (C=O) groups is 2. The van der Waals surface area contributed by atoms with Crippen molar-refractivity contribution in [1.82, 2.24) is 0 Å². The van der Waals surface area contributed by atoms with Crippen molar-refractivity contribution >= 4 is 11.9 Å². The van der Waals surface area contributed by atoms with E-state index in [9.17, 15) is 14.7 Å². The minimum atomic E-state index is -0.641. The lowest BCUT2D eigenvalue weighted by Gasteiger charge is -2.19. The molecule has 0 spiro atoms. The van der Waals surface area contributed by atoms with E-state index in [0.717, 1.165) is 19.3 Å². The summed E-state index contributed by atoms with van der Waals surface area (Å²) in [5, 5.41) is 10.7. The molecule has 0 saturated carbocycles. The zero-order valence-electron chi connectivity index (χ0n) is 18.2. The second-order valence-electron chi connectivity index (χ2n) is 7.26. The third-order valence-electron chi connectivity index (χ3n) is 5.25. The lowest BCUT2D eigenvalue weighted by atomic mass is 9.89. The summed E-state index contributed by atoms with van der Waals surface area (Å²) in [5.41, 5.74) is 2.14. The second kappa shape index (κ2) is 12.4. The predicted molar refractivity (Wildman–Crippen MR) is 111 cm³/mol. The fourth-order valence-electron chi connectivity index (χ4n) is 3.67. The van der Waals surface area contributed by atoms with Gasteiger partial charge in [-0.1, -0.05) is 51.9 Å². The first kappa shape index (κ1) is 24.0. The number of methoxy groups -OCH3 is 1. The largest absolute Gasteiger partial charge is 0.507 e. The summed E-state index contributed by atoms with van der Waals surface area (Å²) in [6.45, 7) is 7.65. The summed E-state index contributed by atoms with van der Waals surface area (Å²) in [4.78, 5) is 24.7. The number of hydrogen-bond donors (Lipinski definition) is 1. The van der Waals surface area contributed by atoms with Gasteiger partial charge in [0, 0.05) is 0 Å². The summed E-state index contributed by atoms with van der Waals surface area (Å²) in [6.07, 6.45) is 10.0. The molecule has 5 nitrogen and oxygen atoms in total. The normalized spacial score (nSPS) is 10.8. The van der Waals surface area contributed by atoms with Gasteiger partial charge in [-0.05, 0) is 50.3 Å². The Morgan fingerprint density at radius 3 is 1.93 bits per heavy atom. The van der Waals surface area contributed by atoms with Crippen LogP contribution in [0.25, 0.3) is 0 Å². The van der Waals surface area contributed by atoms with E-state index in [1.807, 2.05) is 0 Å². The van der Waals surface area contributed by atoms with E-state index in [0.29, 0.717) is 28.7 Å². The van der Waals surface area contributed by atoms with Gasteiger partial charge >= 0.3 is 11.9 Å². The Bertz CT molecular complexity index is 664. The van der Waals surface area contributed by atoms with E-state index >= 15 is 0 Å². The van der Waals surface area contributed by atoms with E-state index in [4.69, 9.17) is 9.47 Å². The van der Waals surface area contributed by atoms with Crippen molar-refractivity contribution < 1.29 is 24.2 Å².